The van der Waals surface area contributed by atoms with Gasteiger partial charge in [-0.1, -0.05) is 125 Å². The molecular weight excluding hydrogens is 604 g/mol. The Morgan fingerprint density at radius 1 is 0.625 bits per heavy atom. The molecule has 1 saturated carbocycles. The van der Waals surface area contributed by atoms with Gasteiger partial charge in [0.1, 0.15) is 0 Å². The standard InChI is InChI=1S/C44H54F4/c1-3-5-7-8-9-10-12-14-37-27-28-38(42(46)41(37)45)35-23-25-36(26-24-35)40-30-29-39(43(47)44(40)48)34-21-19-33(20-22-34)32-17-15-31(16-18-32)13-11-6-4-2/h4,6,21,23-33H,3,5,7-20,22H2,1-2H3. The lowest BCUT2D eigenvalue weighted by atomic mass is 9.70. The predicted octanol–water partition coefficient (Wildman–Crippen LogP) is 14.2. The zero-order valence-corrected chi connectivity index (χ0v) is 29.1. The Labute approximate surface area is 286 Å². The largest absolute Gasteiger partial charge is 0.203 e. The fraction of sp³-hybridized carbons (Fsp3) is 0.500. The van der Waals surface area contributed by atoms with E-state index in [1.54, 1.807) is 48.5 Å². The number of unbranched alkanes of at least 4 members (excludes halogenated alkanes) is 6. The van der Waals surface area contributed by atoms with Crippen molar-refractivity contribution >= 4 is 5.57 Å². The van der Waals surface area contributed by atoms with E-state index in [1.165, 1.54) is 64.2 Å². The third-order valence-electron chi connectivity index (χ3n) is 11.1. The minimum absolute atomic E-state index is 0.167. The molecule has 2 aliphatic rings. The summed E-state index contributed by atoms with van der Waals surface area (Å²) in [5, 5.41) is 0. The van der Waals surface area contributed by atoms with E-state index in [-0.39, 0.29) is 11.1 Å². The molecule has 3 aromatic rings. The van der Waals surface area contributed by atoms with Crippen LogP contribution >= 0.6 is 0 Å². The van der Waals surface area contributed by atoms with E-state index >= 15 is 13.2 Å². The number of hydrogen-bond acceptors (Lipinski definition) is 0. The zero-order valence-electron chi connectivity index (χ0n) is 29.1. The maximum atomic E-state index is 15.5. The van der Waals surface area contributed by atoms with Crippen molar-refractivity contribution in [2.75, 3.05) is 0 Å². The predicted molar refractivity (Wildman–Crippen MR) is 194 cm³/mol. The Bertz CT molecular complexity index is 1520. The Kier molecular flexibility index (Phi) is 13.6. The van der Waals surface area contributed by atoms with Crippen molar-refractivity contribution in [3.05, 3.63) is 101 Å². The molecule has 48 heavy (non-hydrogen) atoms. The SMILES string of the molecule is CC=CCCC1CCC(C2CC=C(c3ccc(-c4ccc(-c5ccc(CCCCCCCCC)c(F)c5F)cc4)c(F)c3F)CC2)CC1. The van der Waals surface area contributed by atoms with Gasteiger partial charge in [0.15, 0.2) is 23.3 Å². The molecule has 3 aromatic carbocycles. The monoisotopic (exact) mass is 658 g/mol. The number of aryl methyl sites for hydroxylation is 1. The quantitative estimate of drug-likeness (QED) is 0.0866. The molecule has 0 heterocycles. The smallest absolute Gasteiger partial charge is 0.167 e. The maximum Gasteiger partial charge on any atom is 0.167 e. The number of halogens is 4. The molecule has 258 valence electrons. The Balaban J connectivity index is 1.18. The molecule has 0 N–H and O–H groups in total. The minimum Gasteiger partial charge on any atom is -0.203 e. The van der Waals surface area contributed by atoms with Gasteiger partial charge >= 0.3 is 0 Å². The lowest BCUT2D eigenvalue weighted by Gasteiger charge is -2.35. The molecule has 1 fully saturated rings. The molecular formula is C44H54F4. The van der Waals surface area contributed by atoms with Crippen LogP contribution in [0.25, 0.3) is 27.8 Å². The lowest BCUT2D eigenvalue weighted by molar-refractivity contribution is 0.190. The average Bonchev–Trinajstić information content (AvgIpc) is 3.11. The van der Waals surface area contributed by atoms with Gasteiger partial charge in [-0.25, -0.2) is 17.6 Å². The van der Waals surface area contributed by atoms with Crippen molar-refractivity contribution in [2.45, 2.75) is 123 Å². The first-order chi connectivity index (χ1) is 23.4. The Morgan fingerprint density at radius 3 is 1.83 bits per heavy atom. The van der Waals surface area contributed by atoms with Gasteiger partial charge in [-0.15, -0.1) is 0 Å². The van der Waals surface area contributed by atoms with Crippen molar-refractivity contribution in [1.29, 1.82) is 0 Å². The molecule has 0 aromatic heterocycles. The third-order valence-corrected chi connectivity index (χ3v) is 11.1. The highest BCUT2D eigenvalue weighted by atomic mass is 19.2. The van der Waals surface area contributed by atoms with Crippen LogP contribution in [-0.4, -0.2) is 0 Å². The molecule has 1 unspecified atom stereocenters. The number of rotatable bonds is 15. The molecule has 1 atom stereocenters. The van der Waals surface area contributed by atoms with Gasteiger partial charge < -0.3 is 0 Å². The van der Waals surface area contributed by atoms with Gasteiger partial charge in [0.25, 0.3) is 0 Å². The average molecular weight is 659 g/mol. The first-order valence-corrected chi connectivity index (χ1v) is 18.8. The highest BCUT2D eigenvalue weighted by Crippen LogP contribution is 2.43. The molecule has 0 bridgehead atoms. The molecule has 0 spiro atoms. The number of allylic oxidation sites excluding steroid dienone is 4. The highest BCUT2D eigenvalue weighted by Gasteiger charge is 2.29. The second-order valence-electron chi connectivity index (χ2n) is 14.3. The first kappa shape index (κ1) is 36.1. The molecule has 0 saturated heterocycles. The molecule has 5 rings (SSSR count). The van der Waals surface area contributed by atoms with Crippen molar-refractivity contribution in [3.63, 3.8) is 0 Å². The van der Waals surface area contributed by atoms with Crippen LogP contribution in [0.3, 0.4) is 0 Å². The van der Waals surface area contributed by atoms with E-state index in [0.29, 0.717) is 34.6 Å². The van der Waals surface area contributed by atoms with Crippen LogP contribution in [0.5, 0.6) is 0 Å². The summed E-state index contributed by atoms with van der Waals surface area (Å²) in [5.41, 5.74) is 2.99. The lowest BCUT2D eigenvalue weighted by Crippen LogP contribution is -2.23. The maximum absolute atomic E-state index is 15.5. The second-order valence-corrected chi connectivity index (χ2v) is 14.3. The van der Waals surface area contributed by atoms with Gasteiger partial charge in [0.2, 0.25) is 0 Å². The van der Waals surface area contributed by atoms with Crippen LogP contribution in [0.4, 0.5) is 17.6 Å². The fourth-order valence-electron chi connectivity index (χ4n) is 8.10. The zero-order chi connectivity index (χ0) is 33.9. The van der Waals surface area contributed by atoms with Gasteiger partial charge in [-0.3, -0.25) is 0 Å². The van der Waals surface area contributed by atoms with Crippen molar-refractivity contribution in [1.82, 2.24) is 0 Å². The summed E-state index contributed by atoms with van der Waals surface area (Å²) < 4.78 is 61.1. The van der Waals surface area contributed by atoms with E-state index in [9.17, 15) is 4.39 Å². The van der Waals surface area contributed by atoms with Gasteiger partial charge in [-0.05, 0) is 105 Å². The minimum atomic E-state index is -0.869. The summed E-state index contributed by atoms with van der Waals surface area (Å²) in [5.74, 6) is -1.11. The van der Waals surface area contributed by atoms with E-state index in [0.717, 1.165) is 55.9 Å². The molecule has 0 aliphatic heterocycles. The number of hydrogen-bond donors (Lipinski definition) is 0. The van der Waals surface area contributed by atoms with Crippen LogP contribution in [0.2, 0.25) is 0 Å². The summed E-state index contributed by atoms with van der Waals surface area (Å²) in [4.78, 5) is 0. The molecule has 4 heteroatoms. The van der Waals surface area contributed by atoms with E-state index in [2.05, 4.69) is 32.1 Å². The van der Waals surface area contributed by atoms with Crippen LogP contribution in [-0.2, 0) is 6.42 Å². The van der Waals surface area contributed by atoms with Crippen molar-refractivity contribution in [2.24, 2.45) is 17.8 Å². The van der Waals surface area contributed by atoms with Crippen LogP contribution in [0.15, 0.2) is 66.8 Å². The second kappa shape index (κ2) is 18.0. The molecule has 2 aliphatic carbocycles. The topological polar surface area (TPSA) is 0 Å². The summed E-state index contributed by atoms with van der Waals surface area (Å²) in [6, 6.07) is 13.2. The van der Waals surface area contributed by atoms with Crippen molar-refractivity contribution < 1.29 is 17.6 Å². The van der Waals surface area contributed by atoms with Crippen LogP contribution in [0.1, 0.15) is 128 Å². The summed E-state index contributed by atoms with van der Waals surface area (Å²) in [6.45, 7) is 4.28. The summed E-state index contributed by atoms with van der Waals surface area (Å²) in [6.07, 6.45) is 25.4. The summed E-state index contributed by atoms with van der Waals surface area (Å²) >= 11 is 0. The van der Waals surface area contributed by atoms with Gasteiger partial charge in [0.05, 0.1) is 0 Å². The normalized spacial score (nSPS) is 20.0. The Morgan fingerprint density at radius 2 is 1.21 bits per heavy atom. The first-order valence-electron chi connectivity index (χ1n) is 18.8. The highest BCUT2D eigenvalue weighted by molar-refractivity contribution is 5.74. The van der Waals surface area contributed by atoms with E-state index < -0.39 is 23.3 Å². The van der Waals surface area contributed by atoms with Crippen LogP contribution in [0, 0.1) is 41.0 Å². The van der Waals surface area contributed by atoms with Gasteiger partial charge in [-0.2, -0.15) is 0 Å². The molecule has 0 radical (unpaired) electrons. The van der Waals surface area contributed by atoms with Gasteiger partial charge in [0, 0.05) is 16.7 Å². The molecule has 0 nitrogen and oxygen atoms in total. The van der Waals surface area contributed by atoms with E-state index in [4.69, 9.17) is 0 Å². The van der Waals surface area contributed by atoms with Crippen molar-refractivity contribution in [3.8, 4) is 22.3 Å². The summed E-state index contributed by atoms with van der Waals surface area (Å²) in [7, 11) is 0. The number of benzene rings is 3. The molecule has 0 amide bonds. The van der Waals surface area contributed by atoms with Crippen LogP contribution < -0.4 is 0 Å². The third kappa shape index (κ3) is 9.10. The van der Waals surface area contributed by atoms with E-state index in [1.807, 2.05) is 0 Å². The fourth-order valence-corrected chi connectivity index (χ4v) is 8.10. The Hall–Kier alpha value is -3.14.